The van der Waals surface area contributed by atoms with Crippen LogP contribution in [0.1, 0.15) is 36.9 Å². The molecule has 2 aromatic carbocycles. The van der Waals surface area contributed by atoms with Crippen molar-refractivity contribution >= 4 is 17.6 Å². The summed E-state index contributed by atoms with van der Waals surface area (Å²) in [6, 6.07) is 12.0. The lowest BCUT2D eigenvalue weighted by Crippen LogP contribution is -2.32. The summed E-state index contributed by atoms with van der Waals surface area (Å²) < 4.78 is 13.2. The molecule has 2 heterocycles. The van der Waals surface area contributed by atoms with Gasteiger partial charge in [-0.15, -0.1) is 10.2 Å². The SMILES string of the molecule is O=C(Cn1nnc(CCN2C(=O)c3ccccc3C2=O)n1)c1cccc(F)c1. The van der Waals surface area contributed by atoms with Crippen LogP contribution in [-0.2, 0) is 13.0 Å². The lowest BCUT2D eigenvalue weighted by atomic mass is 10.1. The Bertz CT molecular complexity index is 1060. The zero-order valence-corrected chi connectivity index (χ0v) is 14.6. The molecule has 0 atom stereocenters. The van der Waals surface area contributed by atoms with E-state index in [4.69, 9.17) is 0 Å². The number of hydrogen-bond acceptors (Lipinski definition) is 6. The molecule has 1 aliphatic heterocycles. The number of ketones is 1. The largest absolute Gasteiger partial charge is 0.292 e. The molecule has 1 aromatic heterocycles. The Labute approximate surface area is 158 Å². The number of fused-ring (bicyclic) bond motifs is 1. The number of hydrogen-bond donors (Lipinski definition) is 0. The second-order valence-electron chi connectivity index (χ2n) is 6.23. The maximum Gasteiger partial charge on any atom is 0.261 e. The number of tetrazole rings is 1. The molecule has 1 aliphatic rings. The number of halogens is 1. The van der Waals surface area contributed by atoms with Crippen LogP contribution in [-0.4, -0.2) is 49.2 Å². The van der Waals surface area contributed by atoms with Gasteiger partial charge in [-0.3, -0.25) is 19.3 Å². The van der Waals surface area contributed by atoms with Crippen molar-refractivity contribution in [2.75, 3.05) is 6.54 Å². The molecule has 0 unspecified atom stereocenters. The Morgan fingerprint density at radius 2 is 1.71 bits per heavy atom. The molecule has 0 saturated carbocycles. The van der Waals surface area contributed by atoms with E-state index in [9.17, 15) is 18.8 Å². The highest BCUT2D eigenvalue weighted by Crippen LogP contribution is 2.22. The summed E-state index contributed by atoms with van der Waals surface area (Å²) in [5, 5.41) is 11.7. The van der Waals surface area contributed by atoms with E-state index < -0.39 is 5.82 Å². The molecule has 0 saturated heterocycles. The van der Waals surface area contributed by atoms with Gasteiger partial charge in [0.15, 0.2) is 11.6 Å². The maximum absolute atomic E-state index is 13.2. The summed E-state index contributed by atoms with van der Waals surface area (Å²) in [5.41, 5.74) is 0.972. The van der Waals surface area contributed by atoms with E-state index in [2.05, 4.69) is 15.4 Å². The number of aromatic nitrogens is 4. The van der Waals surface area contributed by atoms with Gasteiger partial charge in [0.25, 0.3) is 11.8 Å². The van der Waals surface area contributed by atoms with Crippen LogP contribution in [0.5, 0.6) is 0 Å². The molecule has 0 radical (unpaired) electrons. The number of carbonyl (C=O) groups is 3. The first-order valence-corrected chi connectivity index (χ1v) is 8.53. The Kier molecular flexibility index (Phi) is 4.48. The van der Waals surface area contributed by atoms with Gasteiger partial charge in [-0.05, 0) is 29.5 Å². The number of benzene rings is 2. The van der Waals surface area contributed by atoms with Gasteiger partial charge < -0.3 is 0 Å². The summed E-state index contributed by atoms with van der Waals surface area (Å²) in [6.45, 7) is -0.0840. The zero-order chi connectivity index (χ0) is 19.7. The summed E-state index contributed by atoms with van der Waals surface area (Å²) >= 11 is 0. The van der Waals surface area contributed by atoms with Crippen molar-refractivity contribution in [3.8, 4) is 0 Å². The van der Waals surface area contributed by atoms with Crippen molar-refractivity contribution < 1.29 is 18.8 Å². The number of amides is 2. The summed E-state index contributed by atoms with van der Waals surface area (Å²) in [6.07, 6.45) is 0.208. The van der Waals surface area contributed by atoms with Crippen LogP contribution in [0.15, 0.2) is 48.5 Å². The maximum atomic E-state index is 13.2. The van der Waals surface area contributed by atoms with Gasteiger partial charge in [0, 0.05) is 18.5 Å². The predicted molar refractivity (Wildman–Crippen MR) is 94.1 cm³/mol. The molecule has 3 aromatic rings. The summed E-state index contributed by atoms with van der Waals surface area (Å²) in [7, 11) is 0. The highest BCUT2D eigenvalue weighted by molar-refractivity contribution is 6.21. The molecule has 9 heteroatoms. The van der Waals surface area contributed by atoms with E-state index in [1.54, 1.807) is 24.3 Å². The van der Waals surface area contributed by atoms with Gasteiger partial charge in [0.05, 0.1) is 11.1 Å². The third-order valence-electron chi connectivity index (χ3n) is 4.36. The molecule has 0 fully saturated rings. The third-order valence-corrected chi connectivity index (χ3v) is 4.36. The average molecular weight is 379 g/mol. The molecule has 4 rings (SSSR count). The minimum atomic E-state index is -0.501. The molecular formula is C19H14FN5O3. The Balaban J connectivity index is 1.39. The van der Waals surface area contributed by atoms with Gasteiger partial charge in [-0.25, -0.2) is 4.39 Å². The first-order valence-electron chi connectivity index (χ1n) is 8.53. The second kappa shape index (κ2) is 7.10. The van der Waals surface area contributed by atoms with Crippen LogP contribution >= 0.6 is 0 Å². The topological polar surface area (TPSA) is 98.0 Å². The number of Topliss-reactive ketones (excluding diaryl/α,β-unsaturated/α-hetero) is 1. The van der Waals surface area contributed by atoms with Gasteiger partial charge in [0.2, 0.25) is 0 Å². The zero-order valence-electron chi connectivity index (χ0n) is 14.6. The van der Waals surface area contributed by atoms with Crippen molar-refractivity contribution in [2.24, 2.45) is 0 Å². The molecule has 0 bridgehead atoms. The van der Waals surface area contributed by atoms with E-state index in [0.717, 1.165) is 15.8 Å². The first-order chi connectivity index (χ1) is 13.5. The van der Waals surface area contributed by atoms with Crippen LogP contribution in [0.3, 0.4) is 0 Å². The van der Waals surface area contributed by atoms with Gasteiger partial charge >= 0.3 is 0 Å². The van der Waals surface area contributed by atoms with Crippen molar-refractivity contribution in [3.05, 3.63) is 76.9 Å². The van der Waals surface area contributed by atoms with E-state index >= 15 is 0 Å². The second-order valence-corrected chi connectivity index (χ2v) is 6.23. The van der Waals surface area contributed by atoms with Crippen molar-refractivity contribution in [2.45, 2.75) is 13.0 Å². The van der Waals surface area contributed by atoms with Crippen LogP contribution in [0.2, 0.25) is 0 Å². The van der Waals surface area contributed by atoms with E-state index in [-0.39, 0.29) is 42.7 Å². The monoisotopic (exact) mass is 379 g/mol. The fourth-order valence-corrected chi connectivity index (χ4v) is 2.98. The smallest absolute Gasteiger partial charge is 0.261 e. The molecule has 0 spiro atoms. The molecule has 28 heavy (non-hydrogen) atoms. The predicted octanol–water partition coefficient (Wildman–Crippen LogP) is 1.53. The van der Waals surface area contributed by atoms with Crippen LogP contribution in [0.4, 0.5) is 4.39 Å². The number of rotatable bonds is 6. The normalized spacial score (nSPS) is 13.1. The lowest BCUT2D eigenvalue weighted by Gasteiger charge is -2.11. The van der Waals surface area contributed by atoms with Crippen LogP contribution in [0, 0.1) is 5.82 Å². The van der Waals surface area contributed by atoms with Crippen LogP contribution < -0.4 is 0 Å². The fourth-order valence-electron chi connectivity index (χ4n) is 2.98. The summed E-state index contributed by atoms with van der Waals surface area (Å²) in [4.78, 5) is 39.1. The molecule has 0 aliphatic carbocycles. The standard InChI is InChI=1S/C19H14FN5O3/c20-13-5-3-4-12(10-13)16(26)11-25-22-17(21-23-25)8-9-24-18(27)14-6-1-2-7-15(14)19(24)28/h1-7,10H,8-9,11H2. The first kappa shape index (κ1) is 17.7. The van der Waals surface area contributed by atoms with E-state index in [1.165, 1.54) is 18.2 Å². The Morgan fingerprint density at radius 3 is 2.39 bits per heavy atom. The minimum absolute atomic E-state index is 0.107. The Hall–Kier alpha value is -3.75. The number of nitrogens with zero attached hydrogens (tertiary/aromatic N) is 5. The van der Waals surface area contributed by atoms with Gasteiger partial charge in [-0.1, -0.05) is 24.3 Å². The Morgan fingerprint density at radius 1 is 1.00 bits per heavy atom. The van der Waals surface area contributed by atoms with Crippen molar-refractivity contribution in [1.29, 1.82) is 0 Å². The number of imide groups is 1. The molecule has 0 N–H and O–H groups in total. The minimum Gasteiger partial charge on any atom is -0.292 e. The van der Waals surface area contributed by atoms with Crippen molar-refractivity contribution in [3.63, 3.8) is 0 Å². The molecule has 2 amide bonds. The molecular weight excluding hydrogens is 365 g/mol. The van der Waals surface area contributed by atoms with E-state index in [0.29, 0.717) is 17.0 Å². The highest BCUT2D eigenvalue weighted by atomic mass is 19.1. The lowest BCUT2D eigenvalue weighted by molar-refractivity contribution is 0.0655. The summed E-state index contributed by atoms with van der Waals surface area (Å²) in [5.74, 6) is -1.27. The molecule has 8 nitrogen and oxygen atoms in total. The fraction of sp³-hybridized carbons (Fsp3) is 0.158. The van der Waals surface area contributed by atoms with Crippen LogP contribution in [0.25, 0.3) is 0 Å². The van der Waals surface area contributed by atoms with E-state index in [1.807, 2.05) is 0 Å². The molecule has 140 valence electrons. The van der Waals surface area contributed by atoms with Crippen molar-refractivity contribution in [1.82, 2.24) is 25.1 Å². The average Bonchev–Trinajstić information content (AvgIpc) is 3.23. The van der Waals surface area contributed by atoms with Gasteiger partial charge in [-0.2, -0.15) is 4.80 Å². The quantitative estimate of drug-likeness (QED) is 0.476. The highest BCUT2D eigenvalue weighted by Gasteiger charge is 2.34. The van der Waals surface area contributed by atoms with Gasteiger partial charge in [0.1, 0.15) is 12.4 Å². The third kappa shape index (κ3) is 3.29. The number of carbonyl (C=O) groups excluding carboxylic acids is 3.